The maximum absolute atomic E-state index is 13.0. The number of amides is 1. The predicted octanol–water partition coefficient (Wildman–Crippen LogP) is 2.04. The molecule has 1 aromatic carbocycles. The number of benzene rings is 1. The zero-order chi connectivity index (χ0) is 18.6. The van der Waals surface area contributed by atoms with Crippen LogP contribution in [-0.2, 0) is 25.0 Å². The third kappa shape index (κ3) is 4.30. The molecule has 1 saturated carbocycles. The lowest BCUT2D eigenvalue weighted by Gasteiger charge is -2.29. The molecule has 3 rings (SSSR count). The van der Waals surface area contributed by atoms with Gasteiger partial charge in [0.25, 0.3) is 0 Å². The zero-order valence-electron chi connectivity index (χ0n) is 14.7. The second kappa shape index (κ2) is 8.37. The first-order valence-corrected chi connectivity index (χ1v) is 11.4. The molecule has 0 aromatic heterocycles. The van der Waals surface area contributed by atoms with E-state index in [2.05, 4.69) is 21.2 Å². The number of nitrogens with zero attached hydrogens (tertiary/aromatic N) is 1. The number of hydrogen-bond donors (Lipinski definition) is 1. The van der Waals surface area contributed by atoms with Gasteiger partial charge in [-0.1, -0.05) is 40.9 Å². The second-order valence-corrected chi connectivity index (χ2v) is 9.89. The molecule has 2 fully saturated rings. The Labute approximate surface area is 163 Å². The molecule has 0 spiro atoms. The Kier molecular flexibility index (Phi) is 6.37. The highest BCUT2D eigenvalue weighted by Crippen LogP contribution is 2.42. The molecule has 0 radical (unpaired) electrons. The van der Waals surface area contributed by atoms with Gasteiger partial charge >= 0.3 is 0 Å². The van der Waals surface area contributed by atoms with Crippen LogP contribution in [0.25, 0.3) is 0 Å². The Morgan fingerprint density at radius 1 is 1.23 bits per heavy atom. The van der Waals surface area contributed by atoms with Crippen LogP contribution in [0.3, 0.4) is 0 Å². The third-order valence-corrected chi connectivity index (χ3v) is 7.64. The smallest absolute Gasteiger partial charge is 0.230 e. The molecule has 1 aliphatic heterocycles. The lowest BCUT2D eigenvalue weighted by Crippen LogP contribution is -2.47. The molecule has 1 aromatic rings. The van der Waals surface area contributed by atoms with Crippen molar-refractivity contribution in [1.29, 1.82) is 0 Å². The number of halogens is 1. The van der Waals surface area contributed by atoms with Crippen LogP contribution >= 0.6 is 15.9 Å². The highest BCUT2D eigenvalue weighted by atomic mass is 79.9. The summed E-state index contributed by atoms with van der Waals surface area (Å²) in [6.07, 6.45) is 3.61. The molecular formula is C18H25BrN2O4S. The lowest BCUT2D eigenvalue weighted by atomic mass is 9.78. The molecule has 0 atom stereocenters. The number of ether oxygens (including phenoxy) is 1. The summed E-state index contributed by atoms with van der Waals surface area (Å²) in [6, 6.07) is 7.87. The molecule has 1 heterocycles. The number of carbonyl (C=O) groups is 1. The average Bonchev–Trinajstić information content (AvgIpc) is 3.13. The van der Waals surface area contributed by atoms with Crippen LogP contribution in [-0.4, -0.2) is 57.2 Å². The summed E-state index contributed by atoms with van der Waals surface area (Å²) >= 11 is 3.48. The summed E-state index contributed by atoms with van der Waals surface area (Å²) in [5.41, 5.74) is 0.449. The van der Waals surface area contributed by atoms with Crippen LogP contribution in [0.4, 0.5) is 0 Å². The molecule has 1 N–H and O–H groups in total. The van der Waals surface area contributed by atoms with Crippen molar-refractivity contribution in [2.75, 3.05) is 38.6 Å². The van der Waals surface area contributed by atoms with Crippen LogP contribution in [0.1, 0.15) is 31.2 Å². The SMILES string of the molecule is O=C(NCCS(=O)(=O)N1CCOCC1)C1(c2cccc(Br)c2)CCCC1. The van der Waals surface area contributed by atoms with Crippen molar-refractivity contribution in [3.63, 3.8) is 0 Å². The maximum atomic E-state index is 13.0. The lowest BCUT2D eigenvalue weighted by molar-refractivity contribution is -0.126. The highest BCUT2D eigenvalue weighted by molar-refractivity contribution is 9.10. The van der Waals surface area contributed by atoms with Gasteiger partial charge in [0.05, 0.1) is 24.4 Å². The van der Waals surface area contributed by atoms with E-state index in [1.165, 1.54) is 4.31 Å². The summed E-state index contributed by atoms with van der Waals surface area (Å²) in [5, 5.41) is 2.89. The Morgan fingerprint density at radius 2 is 1.92 bits per heavy atom. The minimum atomic E-state index is -3.36. The molecule has 8 heteroatoms. The third-order valence-electron chi connectivity index (χ3n) is 5.28. The van der Waals surface area contributed by atoms with Gasteiger partial charge in [0.15, 0.2) is 0 Å². The minimum absolute atomic E-state index is 0.0646. The van der Waals surface area contributed by atoms with Crippen LogP contribution in [0, 0.1) is 0 Å². The number of sulfonamides is 1. The van der Waals surface area contributed by atoms with E-state index in [9.17, 15) is 13.2 Å². The topological polar surface area (TPSA) is 75.7 Å². The van der Waals surface area contributed by atoms with E-state index in [4.69, 9.17) is 4.74 Å². The van der Waals surface area contributed by atoms with Crippen LogP contribution in [0.5, 0.6) is 0 Å². The van der Waals surface area contributed by atoms with Crippen molar-refractivity contribution in [2.24, 2.45) is 0 Å². The van der Waals surface area contributed by atoms with Crippen molar-refractivity contribution >= 4 is 31.9 Å². The fraction of sp³-hybridized carbons (Fsp3) is 0.611. The maximum Gasteiger partial charge on any atom is 0.230 e. The van der Waals surface area contributed by atoms with Gasteiger partial charge in [-0.15, -0.1) is 0 Å². The highest BCUT2D eigenvalue weighted by Gasteiger charge is 2.42. The first-order chi connectivity index (χ1) is 12.4. The van der Waals surface area contributed by atoms with Crippen molar-refractivity contribution < 1.29 is 17.9 Å². The predicted molar refractivity (Wildman–Crippen MR) is 103 cm³/mol. The molecule has 2 aliphatic rings. The minimum Gasteiger partial charge on any atom is -0.379 e. The van der Waals surface area contributed by atoms with Gasteiger partial charge in [0.1, 0.15) is 0 Å². The molecule has 0 unspecified atom stereocenters. The summed E-state index contributed by atoms with van der Waals surface area (Å²) in [7, 11) is -3.36. The van der Waals surface area contributed by atoms with E-state index in [0.717, 1.165) is 35.7 Å². The molecular weight excluding hydrogens is 420 g/mol. The van der Waals surface area contributed by atoms with Crippen LogP contribution in [0.15, 0.2) is 28.7 Å². The van der Waals surface area contributed by atoms with Crippen molar-refractivity contribution in [3.05, 3.63) is 34.3 Å². The summed E-state index contributed by atoms with van der Waals surface area (Å²) in [5.74, 6) is -0.141. The van der Waals surface area contributed by atoms with E-state index in [-0.39, 0.29) is 18.2 Å². The van der Waals surface area contributed by atoms with Crippen molar-refractivity contribution in [1.82, 2.24) is 9.62 Å². The van der Waals surface area contributed by atoms with E-state index in [1.807, 2.05) is 24.3 Å². The largest absolute Gasteiger partial charge is 0.379 e. The fourth-order valence-corrected chi connectivity index (χ4v) is 5.55. The quantitative estimate of drug-likeness (QED) is 0.728. The summed E-state index contributed by atoms with van der Waals surface area (Å²) in [4.78, 5) is 13.0. The van der Waals surface area contributed by atoms with Crippen molar-refractivity contribution in [2.45, 2.75) is 31.1 Å². The first-order valence-electron chi connectivity index (χ1n) is 9.04. The number of carbonyl (C=O) groups excluding carboxylic acids is 1. The van der Waals surface area contributed by atoms with E-state index in [0.29, 0.717) is 26.3 Å². The molecule has 0 bridgehead atoms. The zero-order valence-corrected chi connectivity index (χ0v) is 17.1. The second-order valence-electron chi connectivity index (χ2n) is 6.88. The first kappa shape index (κ1) is 19.8. The van der Waals surface area contributed by atoms with Gasteiger partial charge in [0.2, 0.25) is 15.9 Å². The van der Waals surface area contributed by atoms with Gasteiger partial charge in [0, 0.05) is 24.1 Å². The molecule has 26 heavy (non-hydrogen) atoms. The molecule has 1 aliphatic carbocycles. The van der Waals surface area contributed by atoms with E-state index in [1.54, 1.807) is 0 Å². The Balaban J connectivity index is 1.64. The Bertz CT molecular complexity index is 741. The van der Waals surface area contributed by atoms with Gasteiger partial charge in [-0.05, 0) is 30.5 Å². The van der Waals surface area contributed by atoms with Gasteiger partial charge in [-0.3, -0.25) is 4.79 Å². The molecule has 1 amide bonds. The summed E-state index contributed by atoms with van der Waals surface area (Å²) < 4.78 is 32.4. The Hall–Kier alpha value is -0.960. The molecule has 1 saturated heterocycles. The van der Waals surface area contributed by atoms with Crippen molar-refractivity contribution in [3.8, 4) is 0 Å². The molecule has 6 nitrogen and oxygen atoms in total. The molecule has 144 valence electrons. The number of hydrogen-bond acceptors (Lipinski definition) is 4. The van der Waals surface area contributed by atoms with Gasteiger partial charge in [-0.25, -0.2) is 8.42 Å². The van der Waals surface area contributed by atoms with Crippen LogP contribution < -0.4 is 5.32 Å². The fourth-order valence-electron chi connectivity index (χ4n) is 3.83. The monoisotopic (exact) mass is 444 g/mol. The normalized spacial score (nSPS) is 20.8. The summed E-state index contributed by atoms with van der Waals surface area (Å²) in [6.45, 7) is 1.76. The van der Waals surface area contributed by atoms with Crippen LogP contribution in [0.2, 0.25) is 0 Å². The average molecular weight is 445 g/mol. The standard InChI is InChI=1S/C18H25BrN2O4S/c19-16-5-3-4-15(14-16)18(6-1-2-7-18)17(22)20-8-13-26(23,24)21-9-11-25-12-10-21/h3-5,14H,1-2,6-13H2,(H,20,22). The number of nitrogens with one attached hydrogen (secondary N) is 1. The van der Waals surface area contributed by atoms with Gasteiger partial charge < -0.3 is 10.1 Å². The number of morpholine rings is 1. The van der Waals surface area contributed by atoms with E-state index < -0.39 is 15.4 Å². The van der Waals surface area contributed by atoms with E-state index >= 15 is 0 Å². The van der Waals surface area contributed by atoms with Gasteiger partial charge in [-0.2, -0.15) is 4.31 Å². The number of rotatable bonds is 6. The Morgan fingerprint density at radius 3 is 2.58 bits per heavy atom.